The van der Waals surface area contributed by atoms with E-state index in [4.69, 9.17) is 10.5 Å². The van der Waals surface area contributed by atoms with E-state index in [1.165, 1.54) is 32.1 Å². The molecule has 3 nitrogen and oxygen atoms in total. The molecule has 0 aromatic heterocycles. The van der Waals surface area contributed by atoms with Crippen molar-refractivity contribution in [2.45, 2.75) is 51.1 Å². The first-order valence-electron chi connectivity index (χ1n) is 6.28. The lowest BCUT2D eigenvalue weighted by Gasteiger charge is -2.38. The summed E-state index contributed by atoms with van der Waals surface area (Å²) in [7, 11) is 1.76. The van der Waals surface area contributed by atoms with Gasteiger partial charge < -0.3 is 10.5 Å². The molecule has 1 atom stereocenters. The number of methoxy groups -OCH3 is 1. The van der Waals surface area contributed by atoms with Crippen molar-refractivity contribution >= 4 is 0 Å². The Balaban J connectivity index is 2.50. The molecule has 0 aromatic carbocycles. The lowest BCUT2D eigenvalue weighted by molar-refractivity contribution is 0.0546. The van der Waals surface area contributed by atoms with Crippen LogP contribution < -0.4 is 5.73 Å². The normalized spacial score (nSPS) is 20.8. The van der Waals surface area contributed by atoms with Crippen LogP contribution in [0.15, 0.2) is 0 Å². The van der Waals surface area contributed by atoms with Crippen LogP contribution in [0.2, 0.25) is 0 Å². The summed E-state index contributed by atoms with van der Waals surface area (Å²) in [6, 6.07) is 1.15. The molecule has 0 aromatic rings. The maximum absolute atomic E-state index is 5.82. The van der Waals surface area contributed by atoms with Gasteiger partial charge in [-0.25, -0.2) is 0 Å². The largest absolute Gasteiger partial charge is 0.383 e. The highest BCUT2D eigenvalue weighted by Gasteiger charge is 2.25. The van der Waals surface area contributed by atoms with Crippen molar-refractivity contribution in [2.24, 2.45) is 5.73 Å². The highest BCUT2D eigenvalue weighted by atomic mass is 16.5. The van der Waals surface area contributed by atoms with Gasteiger partial charge in [0.05, 0.1) is 6.61 Å². The monoisotopic (exact) mass is 214 g/mol. The number of hydrogen-bond donors (Lipinski definition) is 1. The molecule has 1 unspecified atom stereocenters. The molecule has 1 aliphatic rings. The van der Waals surface area contributed by atoms with Gasteiger partial charge in [-0.1, -0.05) is 26.2 Å². The molecule has 1 saturated carbocycles. The van der Waals surface area contributed by atoms with Crippen molar-refractivity contribution in [3.05, 3.63) is 0 Å². The van der Waals surface area contributed by atoms with E-state index in [0.717, 1.165) is 19.2 Å². The number of nitrogens with two attached hydrogens (primary N) is 1. The molecule has 0 saturated heterocycles. The van der Waals surface area contributed by atoms with Gasteiger partial charge in [-0.05, 0) is 19.4 Å². The van der Waals surface area contributed by atoms with Crippen molar-refractivity contribution in [2.75, 3.05) is 26.8 Å². The SMILES string of the molecule is CCN(C1CCCCC1)C(CN)COC. The van der Waals surface area contributed by atoms with Gasteiger partial charge in [0.25, 0.3) is 0 Å². The van der Waals surface area contributed by atoms with E-state index in [2.05, 4.69) is 11.8 Å². The number of ether oxygens (including phenoxy) is 1. The summed E-state index contributed by atoms with van der Waals surface area (Å²) in [5.41, 5.74) is 5.82. The summed E-state index contributed by atoms with van der Waals surface area (Å²) in [6.45, 7) is 4.79. The highest BCUT2D eigenvalue weighted by Crippen LogP contribution is 2.23. The van der Waals surface area contributed by atoms with Crippen molar-refractivity contribution in [1.29, 1.82) is 0 Å². The third-order valence-corrected chi connectivity index (χ3v) is 3.51. The van der Waals surface area contributed by atoms with E-state index in [9.17, 15) is 0 Å². The van der Waals surface area contributed by atoms with Crippen LogP contribution in [0.1, 0.15) is 39.0 Å². The Morgan fingerprint density at radius 2 is 2.00 bits per heavy atom. The highest BCUT2D eigenvalue weighted by molar-refractivity contribution is 4.81. The minimum absolute atomic E-state index is 0.406. The summed E-state index contributed by atoms with van der Waals surface area (Å²) in [4.78, 5) is 2.54. The minimum Gasteiger partial charge on any atom is -0.383 e. The predicted molar refractivity (Wildman–Crippen MR) is 64.0 cm³/mol. The summed E-state index contributed by atoms with van der Waals surface area (Å²) < 4.78 is 5.25. The van der Waals surface area contributed by atoms with E-state index in [1.807, 2.05) is 0 Å². The van der Waals surface area contributed by atoms with E-state index >= 15 is 0 Å². The first kappa shape index (κ1) is 12.9. The molecule has 1 aliphatic carbocycles. The topological polar surface area (TPSA) is 38.5 Å². The van der Waals surface area contributed by atoms with E-state index in [-0.39, 0.29) is 0 Å². The number of hydrogen-bond acceptors (Lipinski definition) is 3. The minimum atomic E-state index is 0.406. The standard InChI is InChI=1S/C12H26N2O/c1-3-14(12(9-13)10-15-2)11-7-5-4-6-8-11/h11-12H,3-10,13H2,1-2H3. The fourth-order valence-electron chi connectivity index (χ4n) is 2.72. The summed E-state index contributed by atoms with van der Waals surface area (Å²) in [5, 5.41) is 0. The second-order valence-corrected chi connectivity index (χ2v) is 4.47. The van der Waals surface area contributed by atoms with Crippen LogP contribution in [-0.4, -0.2) is 43.8 Å². The molecule has 15 heavy (non-hydrogen) atoms. The molecule has 90 valence electrons. The van der Waals surface area contributed by atoms with Crippen LogP contribution in [0.3, 0.4) is 0 Å². The first-order chi connectivity index (χ1) is 7.33. The van der Waals surface area contributed by atoms with Crippen LogP contribution in [0.25, 0.3) is 0 Å². The van der Waals surface area contributed by atoms with Gasteiger partial charge >= 0.3 is 0 Å². The van der Waals surface area contributed by atoms with E-state index in [1.54, 1.807) is 7.11 Å². The lowest BCUT2D eigenvalue weighted by Crippen LogP contribution is -2.49. The molecule has 2 N–H and O–H groups in total. The zero-order valence-electron chi connectivity index (χ0n) is 10.2. The molecule has 1 rings (SSSR count). The van der Waals surface area contributed by atoms with Crippen LogP contribution in [0, 0.1) is 0 Å². The molecule has 0 heterocycles. The van der Waals surface area contributed by atoms with Gasteiger partial charge in [-0.15, -0.1) is 0 Å². The van der Waals surface area contributed by atoms with Crippen molar-refractivity contribution in [3.8, 4) is 0 Å². The molecule has 1 fully saturated rings. The zero-order valence-corrected chi connectivity index (χ0v) is 10.2. The zero-order chi connectivity index (χ0) is 11.1. The van der Waals surface area contributed by atoms with Crippen LogP contribution in [0.4, 0.5) is 0 Å². The summed E-state index contributed by atoms with van der Waals surface area (Å²) >= 11 is 0. The number of rotatable bonds is 6. The predicted octanol–water partition coefficient (Wildman–Crippen LogP) is 1.61. The molecular formula is C12H26N2O. The maximum atomic E-state index is 5.82. The molecule has 0 spiro atoms. The van der Waals surface area contributed by atoms with Gasteiger partial charge in [0.1, 0.15) is 0 Å². The average Bonchev–Trinajstić information content (AvgIpc) is 2.30. The fourth-order valence-corrected chi connectivity index (χ4v) is 2.72. The summed E-state index contributed by atoms with van der Waals surface area (Å²) in [5.74, 6) is 0. The number of likely N-dealkylation sites (N-methyl/N-ethyl adjacent to an activating group) is 1. The molecule has 3 heteroatoms. The van der Waals surface area contributed by atoms with Crippen molar-refractivity contribution in [1.82, 2.24) is 4.90 Å². The number of nitrogens with zero attached hydrogens (tertiary/aromatic N) is 1. The van der Waals surface area contributed by atoms with Gasteiger partial charge in [0, 0.05) is 25.7 Å². The van der Waals surface area contributed by atoms with Gasteiger partial charge in [0.15, 0.2) is 0 Å². The summed E-state index contributed by atoms with van der Waals surface area (Å²) in [6.07, 6.45) is 6.85. The lowest BCUT2D eigenvalue weighted by atomic mass is 9.93. The average molecular weight is 214 g/mol. The quantitative estimate of drug-likeness (QED) is 0.730. The molecule has 0 aliphatic heterocycles. The fraction of sp³-hybridized carbons (Fsp3) is 1.00. The maximum Gasteiger partial charge on any atom is 0.0630 e. The molecular weight excluding hydrogens is 188 g/mol. The Labute approximate surface area is 94.0 Å². The molecule has 0 radical (unpaired) electrons. The Kier molecular flexibility index (Phi) is 6.22. The first-order valence-corrected chi connectivity index (χ1v) is 6.28. The van der Waals surface area contributed by atoms with Gasteiger partial charge in [-0.3, -0.25) is 4.90 Å². The third-order valence-electron chi connectivity index (χ3n) is 3.51. The second kappa shape index (κ2) is 7.20. The Bertz CT molecular complexity index is 153. The molecule has 0 bridgehead atoms. The van der Waals surface area contributed by atoms with Crippen LogP contribution >= 0.6 is 0 Å². The van der Waals surface area contributed by atoms with Gasteiger partial charge in [0.2, 0.25) is 0 Å². The molecule has 0 amide bonds. The van der Waals surface area contributed by atoms with Crippen LogP contribution in [0.5, 0.6) is 0 Å². The van der Waals surface area contributed by atoms with E-state index < -0.39 is 0 Å². The van der Waals surface area contributed by atoms with Crippen LogP contribution in [-0.2, 0) is 4.74 Å². The Morgan fingerprint density at radius 3 is 2.47 bits per heavy atom. The second-order valence-electron chi connectivity index (χ2n) is 4.47. The smallest absolute Gasteiger partial charge is 0.0630 e. The third kappa shape index (κ3) is 3.74. The van der Waals surface area contributed by atoms with E-state index in [0.29, 0.717) is 12.6 Å². The Hall–Kier alpha value is -0.120. The Morgan fingerprint density at radius 1 is 1.33 bits per heavy atom. The van der Waals surface area contributed by atoms with Crippen molar-refractivity contribution < 1.29 is 4.74 Å². The van der Waals surface area contributed by atoms with Gasteiger partial charge in [-0.2, -0.15) is 0 Å². The van der Waals surface area contributed by atoms with Crippen molar-refractivity contribution in [3.63, 3.8) is 0 Å².